The van der Waals surface area contributed by atoms with Gasteiger partial charge in [-0.05, 0) is 185 Å². The molecule has 0 aliphatic carbocycles. The van der Waals surface area contributed by atoms with Crippen molar-refractivity contribution in [3.8, 4) is 0 Å². The fraction of sp³-hybridized carbons (Fsp3) is 0.150. The predicted molar refractivity (Wildman–Crippen MR) is 324 cm³/mol. The Morgan fingerprint density at radius 3 is 0.853 bits per heavy atom. The molecule has 6 aromatic carbocycles. The summed E-state index contributed by atoms with van der Waals surface area (Å²) in [5.74, 6) is -0.221. The van der Waals surface area contributed by atoms with Crippen molar-refractivity contribution in [2.45, 2.75) is 62.3 Å². The number of carbonyl (C=O) groups is 9. The van der Waals surface area contributed by atoms with Crippen molar-refractivity contribution >= 4 is 149 Å². The van der Waals surface area contributed by atoms with Gasteiger partial charge in [0.2, 0.25) is 0 Å². The molecule has 0 saturated carbocycles. The van der Waals surface area contributed by atoms with Crippen LogP contribution in [0.2, 0.25) is 0 Å². The Hall–Kier alpha value is -6.15. The highest BCUT2D eigenvalue weighted by molar-refractivity contribution is 14.1. The summed E-state index contributed by atoms with van der Waals surface area (Å²) in [6.07, 6.45) is 11.8. The molecule has 0 atom stereocenters. The molecule has 0 N–H and O–H groups in total. The normalized spacial score (nSPS) is 9.32. The largest absolute Gasteiger partial charge is 0.300 e. The van der Waals surface area contributed by atoms with Crippen LogP contribution in [-0.4, -0.2) is 53.6 Å². The van der Waals surface area contributed by atoms with E-state index < -0.39 is 5.82 Å². The average molecular weight is 1380 g/mol. The fourth-order valence-corrected chi connectivity index (χ4v) is 6.04. The van der Waals surface area contributed by atoms with Crippen LogP contribution in [0.3, 0.4) is 0 Å². The van der Waals surface area contributed by atoms with E-state index in [0.717, 1.165) is 45.3 Å². The minimum absolute atomic E-state index is 0.0609. The van der Waals surface area contributed by atoms with Gasteiger partial charge in [-0.2, -0.15) is 0 Å². The molecule has 0 aliphatic rings. The van der Waals surface area contributed by atoms with Crippen LogP contribution in [0, 0.1) is 18.8 Å². The van der Waals surface area contributed by atoms with E-state index in [1.54, 1.807) is 67.6 Å². The Morgan fingerprint density at radius 1 is 0.347 bits per heavy atom. The second-order valence-corrected chi connectivity index (χ2v) is 19.1. The van der Waals surface area contributed by atoms with E-state index in [1.807, 2.05) is 91.0 Å². The molecule has 0 amide bonds. The van der Waals surface area contributed by atoms with Crippen LogP contribution in [-0.2, 0) is 28.8 Å². The maximum atomic E-state index is 12.9. The van der Waals surface area contributed by atoms with Crippen molar-refractivity contribution < 1.29 is 51.9 Å². The molecule has 0 aliphatic heterocycles. The molecule has 0 radical (unpaired) electrons. The Kier molecular flexibility index (Phi) is 45.2. The number of hydrogen-bond acceptors (Lipinski definition) is 9. The zero-order valence-electron chi connectivity index (χ0n) is 43.0. The summed E-state index contributed by atoms with van der Waals surface area (Å²) in [5.41, 5.74) is 4.11. The fourth-order valence-electron chi connectivity index (χ4n) is 4.16. The molecule has 6 rings (SSSR count). The number of carbonyl (C=O) groups excluding carboxylic acids is 9. The first-order chi connectivity index (χ1) is 35.3. The van der Waals surface area contributed by atoms with Crippen molar-refractivity contribution in [3.05, 3.63) is 225 Å². The lowest BCUT2D eigenvalue weighted by Crippen LogP contribution is -1.83. The molecule has 15 heteroatoms. The first-order valence-corrected chi connectivity index (χ1v) is 25.9. The van der Waals surface area contributed by atoms with Gasteiger partial charge in [-0.1, -0.05) is 147 Å². The molecule has 0 fully saturated rings. The molecule has 75 heavy (non-hydrogen) atoms. The number of rotatable bonds is 9. The van der Waals surface area contributed by atoms with E-state index in [-0.39, 0.29) is 46.1 Å². The SMILES string of the molecule is CC(=O)/C=C/c1ccccc1Br.CC(=O)/C=C/c1ccccc1F.CC(=O)/C=C/c1ccccc1I.CC(C)=O.CC(C)=O.CC(C)=O.O=Cc1ccccc1Br.O=Cc1ccccc1F.O=Cc1ccccc1I. The monoisotopic (exact) mass is 1370 g/mol. The summed E-state index contributed by atoms with van der Waals surface area (Å²) in [7, 11) is 0. The van der Waals surface area contributed by atoms with E-state index >= 15 is 0 Å². The Morgan fingerprint density at radius 2 is 0.587 bits per heavy atom. The van der Waals surface area contributed by atoms with Crippen LogP contribution in [0.5, 0.6) is 0 Å². The van der Waals surface area contributed by atoms with Gasteiger partial charge in [-0.15, -0.1) is 0 Å². The first-order valence-electron chi connectivity index (χ1n) is 22.1. The van der Waals surface area contributed by atoms with Crippen LogP contribution >= 0.6 is 77.0 Å². The van der Waals surface area contributed by atoms with Crippen molar-refractivity contribution in [1.29, 1.82) is 0 Å². The third-order valence-electron chi connectivity index (χ3n) is 7.31. The zero-order valence-corrected chi connectivity index (χ0v) is 50.5. The number of hydrogen-bond donors (Lipinski definition) is 0. The van der Waals surface area contributed by atoms with Gasteiger partial charge < -0.3 is 14.4 Å². The van der Waals surface area contributed by atoms with Crippen LogP contribution < -0.4 is 0 Å². The molecule has 396 valence electrons. The van der Waals surface area contributed by atoms with Crippen LogP contribution in [0.25, 0.3) is 18.2 Å². The maximum Gasteiger partial charge on any atom is 0.152 e. The number of halogens is 6. The van der Waals surface area contributed by atoms with E-state index in [0.29, 0.717) is 17.4 Å². The summed E-state index contributed by atoms with van der Waals surface area (Å²) in [6.45, 7) is 13.7. The van der Waals surface area contributed by atoms with Crippen LogP contribution in [0.15, 0.2) is 173 Å². The van der Waals surface area contributed by atoms with Gasteiger partial charge in [-0.3, -0.25) is 28.8 Å². The topological polar surface area (TPSA) is 154 Å². The molecular weight excluding hydrogens is 1320 g/mol. The lowest BCUT2D eigenvalue weighted by Gasteiger charge is -1.95. The number of Topliss-reactive ketones (excluding diaryl/α,β-unsaturated/α-hetero) is 3. The second kappa shape index (κ2) is 46.4. The average Bonchev–Trinajstić information content (AvgIpc) is 3.34. The molecule has 0 unspecified atom stereocenters. The van der Waals surface area contributed by atoms with Crippen molar-refractivity contribution in [1.82, 2.24) is 0 Å². The van der Waals surface area contributed by atoms with Crippen LogP contribution in [0.1, 0.15) is 110 Å². The second-order valence-electron chi connectivity index (χ2n) is 15.0. The summed E-state index contributed by atoms with van der Waals surface area (Å²) in [4.78, 5) is 90.5. The van der Waals surface area contributed by atoms with E-state index in [2.05, 4.69) is 77.0 Å². The third kappa shape index (κ3) is 45.0. The molecule has 0 heterocycles. The van der Waals surface area contributed by atoms with Gasteiger partial charge in [0.15, 0.2) is 36.2 Å². The minimum atomic E-state index is -0.465. The number of ketones is 6. The lowest BCUT2D eigenvalue weighted by atomic mass is 10.2. The van der Waals surface area contributed by atoms with Crippen LogP contribution in [0.4, 0.5) is 8.78 Å². The highest BCUT2D eigenvalue weighted by atomic mass is 127. The van der Waals surface area contributed by atoms with Gasteiger partial charge in [0.25, 0.3) is 0 Å². The Labute approximate surface area is 483 Å². The highest BCUT2D eigenvalue weighted by Crippen LogP contribution is 2.17. The summed E-state index contributed by atoms with van der Waals surface area (Å²) < 4.78 is 29.3. The molecule has 0 bridgehead atoms. The minimum Gasteiger partial charge on any atom is -0.300 e. The molecule has 0 aromatic heterocycles. The standard InChI is InChI=1S/C10H9BrO.C10H9FO.C10H9IO.C7H5BrO.C7H5FO.C7H5IO.3C3H6O/c3*1-8(12)6-7-9-4-2-3-5-10(9)11;3*8-7-4-2-1-3-6(7)5-9;3*1-3(2)4/h3*2-7H,1H3;3*1-5H;3*1-2H3/b3*7-6+;;;;;;. The van der Waals surface area contributed by atoms with E-state index in [9.17, 15) is 51.9 Å². The molecule has 0 spiro atoms. The van der Waals surface area contributed by atoms with Gasteiger partial charge >= 0.3 is 0 Å². The van der Waals surface area contributed by atoms with Gasteiger partial charge in [0.05, 0.1) is 5.56 Å². The summed E-state index contributed by atoms with van der Waals surface area (Å²) in [5, 5.41) is 0. The van der Waals surface area contributed by atoms with Crippen molar-refractivity contribution in [3.63, 3.8) is 0 Å². The maximum absolute atomic E-state index is 12.9. The number of aldehydes is 3. The number of benzene rings is 6. The van der Waals surface area contributed by atoms with E-state index in [4.69, 9.17) is 0 Å². The molecule has 6 aromatic rings. The first kappa shape index (κ1) is 73.1. The van der Waals surface area contributed by atoms with Crippen molar-refractivity contribution in [2.75, 3.05) is 0 Å². The third-order valence-corrected chi connectivity index (χ3v) is 10.7. The predicted octanol–water partition coefficient (Wildman–Crippen LogP) is 16.2. The zero-order chi connectivity index (χ0) is 57.7. The van der Waals surface area contributed by atoms with Gasteiger partial charge in [0, 0.05) is 32.8 Å². The van der Waals surface area contributed by atoms with E-state index in [1.165, 1.54) is 85.7 Å². The number of allylic oxidation sites excluding steroid dienone is 3. The smallest absolute Gasteiger partial charge is 0.152 e. The Bertz CT molecular complexity index is 2510. The van der Waals surface area contributed by atoms with Gasteiger partial charge in [-0.25, -0.2) is 8.78 Å². The quantitative estimate of drug-likeness (QED) is 0.0782. The molecule has 9 nitrogen and oxygen atoms in total. The lowest BCUT2D eigenvalue weighted by molar-refractivity contribution is -0.115. The molecular formula is C60H60Br2F2I2O9. The summed E-state index contributed by atoms with van der Waals surface area (Å²) >= 11 is 11.0. The van der Waals surface area contributed by atoms with Gasteiger partial charge in [0.1, 0.15) is 29.0 Å². The highest BCUT2D eigenvalue weighted by Gasteiger charge is 1.97. The van der Waals surface area contributed by atoms with Crippen molar-refractivity contribution in [2.24, 2.45) is 0 Å². The Balaban J connectivity index is -0.000000797. The summed E-state index contributed by atoms with van der Waals surface area (Å²) in [6, 6.07) is 42.6. The molecule has 0 saturated heterocycles.